The van der Waals surface area contributed by atoms with Crippen molar-refractivity contribution < 1.29 is 9.53 Å². The summed E-state index contributed by atoms with van der Waals surface area (Å²) in [6, 6.07) is 5.68. The fraction of sp³-hybridized carbons (Fsp3) is 0.300. The van der Waals surface area contributed by atoms with Gasteiger partial charge in [-0.1, -0.05) is 0 Å². The van der Waals surface area contributed by atoms with Crippen LogP contribution in [0.5, 0.6) is 0 Å². The normalized spacial score (nSPS) is 20.5. The third-order valence-corrected chi connectivity index (χ3v) is 5.79. The number of amides is 1. The maximum absolute atomic E-state index is 11.4. The minimum Gasteiger partial charge on any atom is -0.381 e. The van der Waals surface area contributed by atoms with Crippen molar-refractivity contribution in [2.75, 3.05) is 7.11 Å². The van der Waals surface area contributed by atoms with E-state index in [1.54, 1.807) is 36.3 Å². The van der Waals surface area contributed by atoms with E-state index in [0.29, 0.717) is 23.5 Å². The van der Waals surface area contributed by atoms with Gasteiger partial charge in [0, 0.05) is 18.9 Å². The summed E-state index contributed by atoms with van der Waals surface area (Å²) in [4.78, 5) is 16.2. The molecule has 4 aromatic heterocycles. The van der Waals surface area contributed by atoms with Crippen molar-refractivity contribution in [1.82, 2.24) is 34.6 Å². The van der Waals surface area contributed by atoms with Crippen molar-refractivity contribution in [3.8, 4) is 28.7 Å². The summed E-state index contributed by atoms with van der Waals surface area (Å²) in [5.74, 6) is -0.599. The van der Waals surface area contributed by atoms with Crippen molar-refractivity contribution >= 4 is 11.4 Å². The molecule has 31 heavy (non-hydrogen) atoms. The first-order chi connectivity index (χ1) is 15.0. The number of carbonyl (C=O) groups is 1. The lowest BCUT2D eigenvalue weighted by atomic mass is 9.72. The second-order valence-electron chi connectivity index (χ2n) is 7.67. The number of methoxy groups -OCH3 is 1. The summed E-state index contributed by atoms with van der Waals surface area (Å²) in [5, 5.41) is 25.0. The minimum absolute atomic E-state index is 0.128. The van der Waals surface area contributed by atoms with Gasteiger partial charge in [-0.2, -0.15) is 20.6 Å². The van der Waals surface area contributed by atoms with Gasteiger partial charge in [0.1, 0.15) is 17.1 Å². The molecule has 0 bridgehead atoms. The van der Waals surface area contributed by atoms with Gasteiger partial charge in [-0.15, -0.1) is 0 Å². The summed E-state index contributed by atoms with van der Waals surface area (Å²) in [6.45, 7) is 0. The summed E-state index contributed by atoms with van der Waals surface area (Å²) in [7, 11) is 1.68. The summed E-state index contributed by atoms with van der Waals surface area (Å²) in [5.41, 5.74) is 8.39. The molecular formula is C20H19N9O2. The molecule has 0 spiro atoms. The topological polar surface area (TPSA) is 153 Å². The number of hydrogen-bond acceptors (Lipinski definition) is 7. The molecule has 0 atom stereocenters. The molecule has 0 radical (unpaired) electrons. The SMILES string of the molecule is COC1CC(CC#N)(n2cc(-c3nc(-c4cc(C(N)=O)[nH]n4)cn4nccc34)cn2)C1. The van der Waals surface area contributed by atoms with Crippen LogP contribution in [0.25, 0.3) is 28.2 Å². The second-order valence-corrected chi connectivity index (χ2v) is 7.67. The molecule has 4 heterocycles. The molecule has 1 saturated carbocycles. The van der Waals surface area contributed by atoms with E-state index in [2.05, 4.69) is 26.5 Å². The quantitative estimate of drug-likeness (QED) is 0.482. The Morgan fingerprint density at radius 1 is 1.39 bits per heavy atom. The molecule has 5 rings (SSSR count). The highest BCUT2D eigenvalue weighted by Crippen LogP contribution is 2.43. The highest BCUT2D eigenvalue weighted by atomic mass is 16.5. The Morgan fingerprint density at radius 2 is 2.23 bits per heavy atom. The number of ether oxygens (including phenoxy) is 1. The monoisotopic (exact) mass is 417 g/mol. The van der Waals surface area contributed by atoms with Gasteiger partial charge in [0.05, 0.1) is 53.9 Å². The molecule has 1 aliphatic carbocycles. The van der Waals surface area contributed by atoms with Gasteiger partial charge in [-0.05, 0) is 25.0 Å². The zero-order chi connectivity index (χ0) is 21.6. The average Bonchev–Trinajstić information content (AvgIpc) is 3.49. The molecule has 0 aromatic carbocycles. The smallest absolute Gasteiger partial charge is 0.266 e. The molecule has 1 aliphatic rings. The van der Waals surface area contributed by atoms with Crippen LogP contribution in [0.4, 0.5) is 0 Å². The molecule has 3 N–H and O–H groups in total. The summed E-state index contributed by atoms with van der Waals surface area (Å²) >= 11 is 0. The number of rotatable bonds is 6. The molecule has 0 unspecified atom stereocenters. The summed E-state index contributed by atoms with van der Waals surface area (Å²) < 4.78 is 8.96. The third-order valence-electron chi connectivity index (χ3n) is 5.79. The van der Waals surface area contributed by atoms with E-state index in [9.17, 15) is 10.1 Å². The Hall–Kier alpha value is -4.04. The number of aromatic amines is 1. The molecular weight excluding hydrogens is 398 g/mol. The number of nitrogens with one attached hydrogen (secondary N) is 1. The van der Waals surface area contributed by atoms with Gasteiger partial charge in [-0.25, -0.2) is 9.50 Å². The van der Waals surface area contributed by atoms with E-state index in [-0.39, 0.29) is 17.3 Å². The maximum Gasteiger partial charge on any atom is 0.266 e. The number of carbonyl (C=O) groups excluding carboxylic acids is 1. The molecule has 1 amide bonds. The van der Waals surface area contributed by atoms with Crippen LogP contribution < -0.4 is 5.73 Å². The van der Waals surface area contributed by atoms with Crippen molar-refractivity contribution in [2.24, 2.45) is 5.73 Å². The first-order valence-electron chi connectivity index (χ1n) is 9.68. The number of nitriles is 1. The lowest BCUT2D eigenvalue weighted by Gasteiger charge is -2.45. The van der Waals surface area contributed by atoms with Crippen LogP contribution in [0.1, 0.15) is 29.8 Å². The zero-order valence-corrected chi connectivity index (χ0v) is 16.7. The molecule has 4 aromatic rings. The Balaban J connectivity index is 1.57. The van der Waals surface area contributed by atoms with Gasteiger partial charge >= 0.3 is 0 Å². The second kappa shape index (κ2) is 7.03. The fourth-order valence-corrected chi connectivity index (χ4v) is 4.06. The van der Waals surface area contributed by atoms with Gasteiger partial charge in [0.25, 0.3) is 5.91 Å². The molecule has 11 heteroatoms. The highest BCUT2D eigenvalue weighted by molar-refractivity contribution is 5.91. The molecule has 11 nitrogen and oxygen atoms in total. The Kier molecular flexibility index (Phi) is 4.30. The predicted octanol–water partition coefficient (Wildman–Crippen LogP) is 1.50. The van der Waals surface area contributed by atoms with Crippen LogP contribution >= 0.6 is 0 Å². The van der Waals surface area contributed by atoms with E-state index < -0.39 is 5.91 Å². The van der Waals surface area contributed by atoms with E-state index in [1.807, 2.05) is 16.9 Å². The Morgan fingerprint density at radius 3 is 2.94 bits per heavy atom. The van der Waals surface area contributed by atoms with Gasteiger partial charge in [-0.3, -0.25) is 14.6 Å². The zero-order valence-electron chi connectivity index (χ0n) is 16.7. The van der Waals surface area contributed by atoms with Crippen LogP contribution in [0.3, 0.4) is 0 Å². The standard InChI is InChI=1S/C20H19N9O2/c1-31-13-7-20(8-13,3-4-21)29-10-12(9-24-29)18-17-2-5-23-28(17)11-16(25-18)14-6-15(19(22)30)27-26-14/h2,5-6,9-11,13H,3,7-8H2,1H3,(H2,22,30)(H,26,27). The number of hydrogen-bond donors (Lipinski definition) is 2. The minimum atomic E-state index is -0.599. The number of fused-ring (bicyclic) bond motifs is 1. The number of nitrogens with two attached hydrogens (primary N) is 1. The van der Waals surface area contributed by atoms with Crippen LogP contribution in [0, 0.1) is 11.3 Å². The number of nitrogens with zero attached hydrogens (tertiary/aromatic N) is 7. The largest absolute Gasteiger partial charge is 0.381 e. The van der Waals surface area contributed by atoms with Crippen LogP contribution in [0.2, 0.25) is 0 Å². The molecule has 0 aliphatic heterocycles. The Bertz CT molecular complexity index is 1320. The van der Waals surface area contributed by atoms with Crippen molar-refractivity contribution in [1.29, 1.82) is 5.26 Å². The van der Waals surface area contributed by atoms with E-state index >= 15 is 0 Å². The highest BCUT2D eigenvalue weighted by Gasteiger charge is 2.47. The number of primary amides is 1. The van der Waals surface area contributed by atoms with E-state index in [4.69, 9.17) is 15.5 Å². The van der Waals surface area contributed by atoms with Crippen LogP contribution in [-0.4, -0.2) is 53.7 Å². The lowest BCUT2D eigenvalue weighted by Crippen LogP contribution is -2.50. The van der Waals surface area contributed by atoms with Gasteiger partial charge in [0.15, 0.2) is 0 Å². The number of H-pyrrole nitrogens is 1. The number of aromatic nitrogens is 7. The average molecular weight is 417 g/mol. The van der Waals surface area contributed by atoms with Gasteiger partial charge < -0.3 is 10.5 Å². The Labute approximate surface area is 176 Å². The molecule has 0 saturated heterocycles. The van der Waals surface area contributed by atoms with Crippen LogP contribution in [0.15, 0.2) is 36.9 Å². The predicted molar refractivity (Wildman–Crippen MR) is 109 cm³/mol. The first-order valence-corrected chi connectivity index (χ1v) is 9.68. The molecule has 156 valence electrons. The van der Waals surface area contributed by atoms with Crippen LogP contribution in [-0.2, 0) is 10.3 Å². The van der Waals surface area contributed by atoms with Crippen molar-refractivity contribution in [3.05, 3.63) is 42.6 Å². The third kappa shape index (κ3) is 3.04. The van der Waals surface area contributed by atoms with E-state index in [0.717, 1.165) is 23.9 Å². The molecule has 1 fully saturated rings. The van der Waals surface area contributed by atoms with E-state index in [1.165, 1.54) is 0 Å². The van der Waals surface area contributed by atoms with Crippen molar-refractivity contribution in [2.45, 2.75) is 30.9 Å². The maximum atomic E-state index is 11.4. The summed E-state index contributed by atoms with van der Waals surface area (Å²) in [6.07, 6.45) is 9.00. The van der Waals surface area contributed by atoms with Crippen molar-refractivity contribution in [3.63, 3.8) is 0 Å². The fourth-order valence-electron chi connectivity index (χ4n) is 4.06. The van der Waals surface area contributed by atoms with Gasteiger partial charge in [0.2, 0.25) is 0 Å². The lowest BCUT2D eigenvalue weighted by molar-refractivity contribution is -0.0542. The first kappa shape index (κ1) is 19.0.